The van der Waals surface area contributed by atoms with Gasteiger partial charge in [-0.15, -0.1) is 0 Å². The minimum Gasteiger partial charge on any atom is -0.480 e. The summed E-state index contributed by atoms with van der Waals surface area (Å²) in [6.07, 6.45) is 4.76. The van der Waals surface area contributed by atoms with Crippen molar-refractivity contribution in [1.29, 1.82) is 0 Å². The number of allylic oxidation sites excluding steroid dienone is 2. The lowest BCUT2D eigenvalue weighted by Crippen LogP contribution is -2.44. The van der Waals surface area contributed by atoms with E-state index < -0.39 is 24.8 Å². The van der Waals surface area contributed by atoms with Crippen molar-refractivity contribution in [3.05, 3.63) is 60.4 Å². The lowest BCUT2D eigenvalue weighted by Gasteiger charge is -2.27. The summed E-state index contributed by atoms with van der Waals surface area (Å²) in [6.45, 7) is -0.432. The van der Waals surface area contributed by atoms with E-state index >= 15 is 0 Å². The molecule has 0 saturated carbocycles. The molecule has 2 rings (SSSR count). The van der Waals surface area contributed by atoms with E-state index in [-0.39, 0.29) is 6.61 Å². The van der Waals surface area contributed by atoms with Gasteiger partial charge in [0.05, 0.1) is 6.26 Å². The van der Waals surface area contributed by atoms with Crippen molar-refractivity contribution in [3.63, 3.8) is 0 Å². The number of ether oxygens (including phenoxy) is 2. The zero-order chi connectivity index (χ0) is 15.1. The normalized spacial score (nSPS) is 16.1. The second-order valence-electron chi connectivity index (χ2n) is 4.30. The fraction of sp³-hybridized carbons (Fsp3) is 0.200. The average molecular weight is 289 g/mol. The summed E-state index contributed by atoms with van der Waals surface area (Å²) in [7, 11) is 0. The molecule has 0 bridgehead atoms. The molecule has 110 valence electrons. The Hall–Kier alpha value is -2.76. The monoisotopic (exact) mass is 289 g/mol. The molecule has 0 saturated heterocycles. The lowest BCUT2D eigenvalue weighted by molar-refractivity contribution is -0.140. The Morgan fingerprint density at radius 2 is 2.00 bits per heavy atom. The van der Waals surface area contributed by atoms with Crippen molar-refractivity contribution >= 4 is 12.1 Å². The summed E-state index contributed by atoms with van der Waals surface area (Å²) < 4.78 is 10.3. The van der Waals surface area contributed by atoms with Crippen LogP contribution in [0.25, 0.3) is 0 Å². The van der Waals surface area contributed by atoms with Crippen LogP contribution in [0.5, 0.6) is 0 Å². The maximum absolute atomic E-state index is 12.1. The van der Waals surface area contributed by atoms with Gasteiger partial charge in [-0.05, 0) is 17.7 Å². The van der Waals surface area contributed by atoms with E-state index in [9.17, 15) is 9.59 Å². The molecule has 1 atom stereocenters. The molecule has 1 aliphatic rings. The first-order valence-corrected chi connectivity index (χ1v) is 6.35. The maximum atomic E-state index is 12.1. The summed E-state index contributed by atoms with van der Waals surface area (Å²) >= 11 is 0. The summed E-state index contributed by atoms with van der Waals surface area (Å²) in [5.74, 6) is -1.14. The second kappa shape index (κ2) is 7.14. The molecule has 0 aliphatic carbocycles. The Kier molecular flexibility index (Phi) is 4.98. The molecule has 21 heavy (non-hydrogen) atoms. The fourth-order valence-corrected chi connectivity index (χ4v) is 1.76. The number of carbonyl (C=O) groups is 2. The number of hydrogen-bond acceptors (Lipinski definition) is 4. The van der Waals surface area contributed by atoms with Gasteiger partial charge < -0.3 is 14.6 Å². The van der Waals surface area contributed by atoms with Crippen molar-refractivity contribution in [2.24, 2.45) is 0 Å². The van der Waals surface area contributed by atoms with E-state index in [0.29, 0.717) is 0 Å². The quantitative estimate of drug-likeness (QED) is 0.898. The lowest BCUT2D eigenvalue weighted by atomic mass is 10.2. The smallest absolute Gasteiger partial charge is 0.413 e. The molecule has 1 amide bonds. The van der Waals surface area contributed by atoms with Gasteiger partial charge in [-0.1, -0.05) is 36.4 Å². The Labute approximate surface area is 121 Å². The molecule has 1 aromatic carbocycles. The molecule has 1 N–H and O–H groups in total. The highest BCUT2D eigenvalue weighted by Gasteiger charge is 2.26. The van der Waals surface area contributed by atoms with Gasteiger partial charge >= 0.3 is 12.1 Å². The van der Waals surface area contributed by atoms with Crippen LogP contribution in [0.3, 0.4) is 0 Å². The molecule has 1 aromatic rings. The van der Waals surface area contributed by atoms with Gasteiger partial charge in [-0.3, -0.25) is 9.69 Å². The zero-order valence-corrected chi connectivity index (χ0v) is 11.2. The maximum Gasteiger partial charge on any atom is 0.413 e. The molecule has 0 unspecified atom stereocenters. The molecule has 0 radical (unpaired) electrons. The Bertz CT molecular complexity index is 552. The first kappa shape index (κ1) is 14.6. The van der Waals surface area contributed by atoms with Crippen molar-refractivity contribution < 1.29 is 24.2 Å². The highest BCUT2D eigenvalue weighted by molar-refractivity contribution is 5.77. The zero-order valence-electron chi connectivity index (χ0n) is 11.2. The Morgan fingerprint density at radius 3 is 2.62 bits per heavy atom. The minimum atomic E-state index is -1.14. The predicted molar refractivity (Wildman–Crippen MR) is 74.1 cm³/mol. The fourth-order valence-electron chi connectivity index (χ4n) is 1.76. The number of benzene rings is 1. The van der Waals surface area contributed by atoms with Crippen LogP contribution in [0, 0.1) is 0 Å². The Balaban J connectivity index is 1.98. The summed E-state index contributed by atoms with van der Waals surface area (Å²) in [6, 6.07) is 9.14. The predicted octanol–water partition coefficient (Wildman–Crippen LogP) is 2.14. The van der Waals surface area contributed by atoms with Gasteiger partial charge in [0.25, 0.3) is 0 Å². The number of nitrogens with zero attached hydrogens (tertiary/aromatic N) is 1. The highest BCUT2D eigenvalue weighted by Crippen LogP contribution is 2.11. The summed E-state index contributed by atoms with van der Waals surface area (Å²) in [5.41, 5.74) is 0.820. The van der Waals surface area contributed by atoms with Gasteiger partial charge in [0.15, 0.2) is 6.23 Å². The number of carboxylic acids is 1. The number of carboxylic acid groups (broad SMARTS) is 1. The van der Waals surface area contributed by atoms with E-state index in [0.717, 1.165) is 10.5 Å². The van der Waals surface area contributed by atoms with Gasteiger partial charge in [0, 0.05) is 0 Å². The Morgan fingerprint density at radius 1 is 1.24 bits per heavy atom. The molecular weight excluding hydrogens is 274 g/mol. The van der Waals surface area contributed by atoms with Crippen molar-refractivity contribution in [2.75, 3.05) is 6.54 Å². The second-order valence-corrected chi connectivity index (χ2v) is 4.30. The van der Waals surface area contributed by atoms with Crippen LogP contribution in [-0.2, 0) is 20.9 Å². The minimum absolute atomic E-state index is 0.0715. The van der Waals surface area contributed by atoms with E-state index in [1.807, 2.05) is 30.3 Å². The van der Waals surface area contributed by atoms with Crippen LogP contribution in [0.15, 0.2) is 54.8 Å². The standard InChI is InChI=1S/C15H15NO5/c17-14(18)10-16(13-8-4-5-9-20-13)15(19)21-11-12-6-2-1-3-7-12/h1-9,13H,10-11H2,(H,17,18)/t13-/m0/s1. The molecule has 0 fully saturated rings. The SMILES string of the molecule is O=C(O)CN(C(=O)OCc1ccccc1)[C@@H]1C=CC=CO1. The molecule has 1 heterocycles. The third-order valence-electron chi connectivity index (χ3n) is 2.74. The largest absolute Gasteiger partial charge is 0.480 e. The van der Waals surface area contributed by atoms with E-state index in [2.05, 4.69) is 0 Å². The number of aliphatic carboxylic acids is 1. The summed E-state index contributed by atoms with van der Waals surface area (Å²) in [5, 5.41) is 8.90. The molecule has 6 heteroatoms. The van der Waals surface area contributed by atoms with Crippen LogP contribution in [0.2, 0.25) is 0 Å². The average Bonchev–Trinajstić information content (AvgIpc) is 2.52. The van der Waals surface area contributed by atoms with Crippen LogP contribution >= 0.6 is 0 Å². The van der Waals surface area contributed by atoms with E-state index in [1.165, 1.54) is 6.26 Å². The first-order chi connectivity index (χ1) is 10.2. The first-order valence-electron chi connectivity index (χ1n) is 6.35. The number of hydrogen-bond donors (Lipinski definition) is 1. The highest BCUT2D eigenvalue weighted by atomic mass is 16.6. The van der Waals surface area contributed by atoms with Crippen LogP contribution in [0.4, 0.5) is 4.79 Å². The molecule has 0 aromatic heterocycles. The number of amides is 1. The van der Waals surface area contributed by atoms with Crippen molar-refractivity contribution in [1.82, 2.24) is 4.90 Å². The van der Waals surface area contributed by atoms with Crippen molar-refractivity contribution in [3.8, 4) is 0 Å². The van der Waals surface area contributed by atoms with Crippen LogP contribution in [0.1, 0.15) is 5.56 Å². The number of rotatable bonds is 5. The topological polar surface area (TPSA) is 76.1 Å². The van der Waals surface area contributed by atoms with E-state index in [4.69, 9.17) is 14.6 Å². The van der Waals surface area contributed by atoms with Gasteiger partial charge in [0.1, 0.15) is 13.2 Å². The summed E-state index contributed by atoms with van der Waals surface area (Å²) in [4.78, 5) is 23.9. The molecule has 6 nitrogen and oxygen atoms in total. The van der Waals surface area contributed by atoms with Gasteiger partial charge in [-0.25, -0.2) is 4.79 Å². The van der Waals surface area contributed by atoms with Crippen molar-refractivity contribution in [2.45, 2.75) is 12.8 Å². The van der Waals surface area contributed by atoms with Crippen LogP contribution < -0.4 is 0 Å². The van der Waals surface area contributed by atoms with Crippen LogP contribution in [-0.4, -0.2) is 34.8 Å². The van der Waals surface area contributed by atoms with Gasteiger partial charge in [0.2, 0.25) is 0 Å². The molecular formula is C15H15NO5. The van der Waals surface area contributed by atoms with Gasteiger partial charge in [-0.2, -0.15) is 0 Å². The third-order valence-corrected chi connectivity index (χ3v) is 2.74. The molecule has 0 spiro atoms. The van der Waals surface area contributed by atoms with E-state index in [1.54, 1.807) is 18.2 Å². The molecule has 1 aliphatic heterocycles. The number of carbonyl (C=O) groups excluding carboxylic acids is 1. The third kappa shape index (κ3) is 4.38.